The number of rotatable bonds is 6. The first-order valence-corrected chi connectivity index (χ1v) is 5.78. The zero-order chi connectivity index (χ0) is 12.8. The van der Waals surface area contributed by atoms with Crippen LogP contribution in [0.4, 0.5) is 4.39 Å². The molecule has 0 saturated heterocycles. The van der Waals surface area contributed by atoms with Crippen molar-refractivity contribution in [2.75, 3.05) is 13.7 Å². The van der Waals surface area contributed by atoms with Crippen molar-refractivity contribution in [3.63, 3.8) is 0 Å². The van der Waals surface area contributed by atoms with E-state index in [0.717, 1.165) is 5.56 Å². The van der Waals surface area contributed by atoms with E-state index in [2.05, 4.69) is 5.32 Å². The SMILES string of the molecule is CNCc1cc(F)cc(OCC(O)C(C)C)c1. The molecular formula is C13H20FNO2. The van der Waals surface area contributed by atoms with Gasteiger partial charge in [-0.2, -0.15) is 0 Å². The Morgan fingerprint density at radius 3 is 2.65 bits per heavy atom. The van der Waals surface area contributed by atoms with Gasteiger partial charge in [0.25, 0.3) is 0 Å². The molecule has 1 atom stereocenters. The first kappa shape index (κ1) is 13.9. The molecule has 0 saturated carbocycles. The number of hydrogen-bond acceptors (Lipinski definition) is 3. The van der Waals surface area contributed by atoms with Crippen molar-refractivity contribution < 1.29 is 14.2 Å². The van der Waals surface area contributed by atoms with E-state index >= 15 is 0 Å². The van der Waals surface area contributed by atoms with Gasteiger partial charge in [-0.25, -0.2) is 4.39 Å². The number of halogens is 1. The highest BCUT2D eigenvalue weighted by Crippen LogP contribution is 2.17. The van der Waals surface area contributed by atoms with Gasteiger partial charge < -0.3 is 15.2 Å². The third-order valence-corrected chi connectivity index (χ3v) is 2.50. The molecule has 1 aromatic rings. The minimum atomic E-state index is -0.536. The molecule has 1 aromatic carbocycles. The highest BCUT2D eigenvalue weighted by molar-refractivity contribution is 5.29. The van der Waals surface area contributed by atoms with Crippen molar-refractivity contribution in [1.29, 1.82) is 0 Å². The molecule has 17 heavy (non-hydrogen) atoms. The highest BCUT2D eigenvalue weighted by atomic mass is 19.1. The minimum Gasteiger partial charge on any atom is -0.491 e. The topological polar surface area (TPSA) is 41.5 Å². The quantitative estimate of drug-likeness (QED) is 0.799. The summed E-state index contributed by atoms with van der Waals surface area (Å²) in [7, 11) is 1.80. The van der Waals surface area contributed by atoms with E-state index in [1.54, 1.807) is 13.1 Å². The maximum Gasteiger partial charge on any atom is 0.127 e. The lowest BCUT2D eigenvalue weighted by molar-refractivity contribution is 0.0699. The van der Waals surface area contributed by atoms with Gasteiger partial charge in [-0.1, -0.05) is 13.8 Å². The van der Waals surface area contributed by atoms with Gasteiger partial charge in [0.05, 0.1) is 6.10 Å². The fourth-order valence-electron chi connectivity index (χ4n) is 1.38. The minimum absolute atomic E-state index is 0.125. The molecule has 1 unspecified atom stereocenters. The van der Waals surface area contributed by atoms with E-state index in [9.17, 15) is 9.50 Å². The lowest BCUT2D eigenvalue weighted by atomic mass is 10.1. The average molecular weight is 241 g/mol. The van der Waals surface area contributed by atoms with Crippen molar-refractivity contribution in [1.82, 2.24) is 5.32 Å². The van der Waals surface area contributed by atoms with Gasteiger partial charge in [-0.05, 0) is 30.7 Å². The average Bonchev–Trinajstić information content (AvgIpc) is 2.25. The third-order valence-electron chi connectivity index (χ3n) is 2.50. The fourth-order valence-corrected chi connectivity index (χ4v) is 1.38. The van der Waals surface area contributed by atoms with Gasteiger partial charge >= 0.3 is 0 Å². The molecule has 0 aliphatic carbocycles. The normalized spacial score (nSPS) is 12.8. The summed E-state index contributed by atoms with van der Waals surface area (Å²) < 4.78 is 18.6. The summed E-state index contributed by atoms with van der Waals surface area (Å²) in [6.07, 6.45) is -0.536. The van der Waals surface area contributed by atoms with Gasteiger partial charge in [-0.15, -0.1) is 0 Å². The van der Waals surface area contributed by atoms with E-state index in [-0.39, 0.29) is 18.3 Å². The smallest absolute Gasteiger partial charge is 0.127 e. The highest BCUT2D eigenvalue weighted by Gasteiger charge is 2.10. The van der Waals surface area contributed by atoms with E-state index in [0.29, 0.717) is 12.3 Å². The van der Waals surface area contributed by atoms with Crippen molar-refractivity contribution in [3.05, 3.63) is 29.6 Å². The van der Waals surface area contributed by atoms with Crippen LogP contribution in [0.3, 0.4) is 0 Å². The number of ether oxygens (including phenoxy) is 1. The van der Waals surface area contributed by atoms with Gasteiger partial charge in [0.1, 0.15) is 18.2 Å². The van der Waals surface area contributed by atoms with Crippen molar-refractivity contribution >= 4 is 0 Å². The Kier molecular flexibility index (Phi) is 5.38. The zero-order valence-corrected chi connectivity index (χ0v) is 10.5. The predicted octanol–water partition coefficient (Wildman–Crippen LogP) is 1.94. The third kappa shape index (κ3) is 4.71. The van der Waals surface area contributed by atoms with Crippen molar-refractivity contribution in [2.24, 2.45) is 5.92 Å². The van der Waals surface area contributed by atoms with E-state index in [4.69, 9.17) is 4.74 Å². The fraction of sp³-hybridized carbons (Fsp3) is 0.538. The Morgan fingerprint density at radius 1 is 1.35 bits per heavy atom. The van der Waals surface area contributed by atoms with E-state index < -0.39 is 6.10 Å². The molecule has 96 valence electrons. The Morgan fingerprint density at radius 2 is 2.06 bits per heavy atom. The lowest BCUT2D eigenvalue weighted by Crippen LogP contribution is -2.23. The molecule has 1 rings (SSSR count). The molecule has 0 heterocycles. The van der Waals surface area contributed by atoms with Crippen LogP contribution < -0.4 is 10.1 Å². The lowest BCUT2D eigenvalue weighted by Gasteiger charge is -2.15. The largest absolute Gasteiger partial charge is 0.491 e. The molecule has 4 heteroatoms. The molecule has 0 fully saturated rings. The second-order valence-corrected chi connectivity index (χ2v) is 4.45. The molecule has 0 amide bonds. The maximum atomic E-state index is 13.3. The summed E-state index contributed by atoms with van der Waals surface area (Å²) in [6.45, 7) is 4.58. The number of benzene rings is 1. The molecule has 0 spiro atoms. The second-order valence-electron chi connectivity index (χ2n) is 4.45. The molecule has 0 aliphatic heterocycles. The van der Waals surface area contributed by atoms with Crippen LogP contribution in [0.1, 0.15) is 19.4 Å². The first-order chi connectivity index (χ1) is 8.02. The van der Waals surface area contributed by atoms with Gasteiger partial charge in [0.15, 0.2) is 0 Å². The Balaban J connectivity index is 2.64. The van der Waals surface area contributed by atoms with E-state index in [1.165, 1.54) is 12.1 Å². The molecule has 0 radical (unpaired) electrons. The van der Waals surface area contributed by atoms with Crippen LogP contribution >= 0.6 is 0 Å². The number of aliphatic hydroxyl groups excluding tert-OH is 1. The maximum absolute atomic E-state index is 13.3. The van der Waals surface area contributed by atoms with Crippen LogP contribution in [0, 0.1) is 11.7 Å². The molecule has 3 nitrogen and oxygen atoms in total. The Labute approximate surface area is 102 Å². The summed E-state index contributed by atoms with van der Waals surface area (Å²) in [6, 6.07) is 4.56. The van der Waals surface area contributed by atoms with Crippen LogP contribution in [0.5, 0.6) is 5.75 Å². The number of nitrogens with one attached hydrogen (secondary N) is 1. The van der Waals surface area contributed by atoms with E-state index in [1.807, 2.05) is 13.8 Å². The van der Waals surface area contributed by atoms with Gasteiger partial charge in [-0.3, -0.25) is 0 Å². The second kappa shape index (κ2) is 6.57. The number of aliphatic hydroxyl groups is 1. The standard InChI is InChI=1S/C13H20FNO2/c1-9(2)13(16)8-17-12-5-10(7-15-3)4-11(14)6-12/h4-6,9,13,15-16H,7-8H2,1-3H3. The molecular weight excluding hydrogens is 221 g/mol. The molecule has 0 aliphatic rings. The molecule has 0 bridgehead atoms. The van der Waals surface area contributed by atoms with Crippen LogP contribution in [0.2, 0.25) is 0 Å². The van der Waals surface area contributed by atoms with Crippen molar-refractivity contribution in [3.8, 4) is 5.75 Å². The summed E-state index contributed by atoms with van der Waals surface area (Å²) in [4.78, 5) is 0. The first-order valence-electron chi connectivity index (χ1n) is 5.78. The monoisotopic (exact) mass is 241 g/mol. The van der Waals surface area contributed by atoms with Crippen LogP contribution in [-0.4, -0.2) is 24.9 Å². The molecule has 2 N–H and O–H groups in total. The number of hydrogen-bond donors (Lipinski definition) is 2. The molecule has 0 aromatic heterocycles. The summed E-state index contributed by atoms with van der Waals surface area (Å²) in [5.41, 5.74) is 0.821. The zero-order valence-electron chi connectivity index (χ0n) is 10.5. The van der Waals surface area contributed by atoms with Crippen LogP contribution in [-0.2, 0) is 6.54 Å². The van der Waals surface area contributed by atoms with Gasteiger partial charge in [0, 0.05) is 12.6 Å². The van der Waals surface area contributed by atoms with Gasteiger partial charge in [0.2, 0.25) is 0 Å². The van der Waals surface area contributed by atoms with Crippen LogP contribution in [0.15, 0.2) is 18.2 Å². The Bertz CT molecular complexity index is 355. The summed E-state index contributed by atoms with van der Waals surface area (Å²) in [5.74, 6) is 0.252. The summed E-state index contributed by atoms with van der Waals surface area (Å²) >= 11 is 0. The predicted molar refractivity (Wildman–Crippen MR) is 65.5 cm³/mol. The van der Waals surface area contributed by atoms with Crippen molar-refractivity contribution in [2.45, 2.75) is 26.5 Å². The summed E-state index contributed by atoms with van der Waals surface area (Å²) in [5, 5.41) is 12.5. The van der Waals surface area contributed by atoms with Crippen LogP contribution in [0.25, 0.3) is 0 Å². The Hall–Kier alpha value is -1.13.